The van der Waals surface area contributed by atoms with Crippen LogP contribution in [-0.4, -0.2) is 62.3 Å². The lowest BCUT2D eigenvalue weighted by Crippen LogP contribution is -2.53. The Bertz CT molecular complexity index is 383. The van der Waals surface area contributed by atoms with E-state index < -0.39 is 0 Å². The monoisotopic (exact) mass is 452 g/mol. The minimum Gasteiger partial charge on any atom is -0.381 e. The van der Waals surface area contributed by atoms with Crippen molar-refractivity contribution in [2.75, 3.05) is 45.9 Å². The summed E-state index contributed by atoms with van der Waals surface area (Å²) in [5.41, 5.74) is 0.513. The van der Waals surface area contributed by atoms with E-state index in [1.807, 2.05) is 0 Å². The molecule has 6 heteroatoms. The lowest BCUT2D eigenvalue weighted by Gasteiger charge is -2.45. The molecule has 2 rings (SSSR count). The fourth-order valence-corrected chi connectivity index (χ4v) is 3.64. The van der Waals surface area contributed by atoms with Crippen molar-refractivity contribution in [3.05, 3.63) is 0 Å². The molecule has 0 radical (unpaired) electrons. The van der Waals surface area contributed by atoms with Crippen molar-refractivity contribution in [3.8, 4) is 0 Å². The number of nitrogens with zero attached hydrogens (tertiary/aromatic N) is 2. The van der Waals surface area contributed by atoms with Crippen LogP contribution in [0.25, 0.3) is 0 Å². The number of hydrogen-bond acceptors (Lipinski definition) is 3. The third-order valence-electron chi connectivity index (χ3n) is 4.73. The fraction of sp³-hybridized carbons (Fsp3) is 0.944. The summed E-state index contributed by atoms with van der Waals surface area (Å²) in [6.07, 6.45) is 5.05. The van der Waals surface area contributed by atoms with Gasteiger partial charge in [0.05, 0.1) is 13.2 Å². The Kier molecular flexibility index (Phi) is 9.30. The molecule has 24 heavy (non-hydrogen) atoms. The van der Waals surface area contributed by atoms with E-state index in [4.69, 9.17) is 9.73 Å². The molecule has 2 fully saturated rings. The molecule has 0 aromatic carbocycles. The van der Waals surface area contributed by atoms with Crippen LogP contribution in [0.5, 0.6) is 0 Å². The molecule has 2 aliphatic heterocycles. The van der Waals surface area contributed by atoms with E-state index in [0.29, 0.717) is 5.41 Å². The maximum absolute atomic E-state index is 5.79. The van der Waals surface area contributed by atoms with Gasteiger partial charge in [-0.15, -0.1) is 24.0 Å². The van der Waals surface area contributed by atoms with Crippen molar-refractivity contribution in [1.29, 1.82) is 0 Å². The molecule has 0 aliphatic carbocycles. The Morgan fingerprint density at radius 3 is 2.62 bits per heavy atom. The molecular weight excluding hydrogens is 415 g/mol. The highest BCUT2D eigenvalue weighted by molar-refractivity contribution is 14.0. The van der Waals surface area contributed by atoms with Crippen molar-refractivity contribution < 1.29 is 4.74 Å². The van der Waals surface area contributed by atoms with Gasteiger partial charge in [-0.3, -0.25) is 4.99 Å². The Morgan fingerprint density at radius 2 is 2.00 bits per heavy atom. The number of halogens is 1. The van der Waals surface area contributed by atoms with Gasteiger partial charge in [0, 0.05) is 43.7 Å². The molecule has 1 unspecified atom stereocenters. The minimum absolute atomic E-state index is 0. The number of guanidine groups is 1. The molecule has 2 aliphatic rings. The zero-order valence-corrected chi connectivity index (χ0v) is 18.3. The SMILES string of the molecule is CCNC(=NCCNC(C)(C)C)N1CCCC2(CCCOC2)C1.I. The predicted molar refractivity (Wildman–Crippen MR) is 112 cm³/mol. The number of nitrogens with one attached hydrogen (secondary N) is 2. The molecule has 1 atom stereocenters. The fourth-order valence-electron chi connectivity index (χ4n) is 3.64. The summed E-state index contributed by atoms with van der Waals surface area (Å²) >= 11 is 0. The number of rotatable bonds is 4. The number of hydrogen-bond donors (Lipinski definition) is 2. The zero-order valence-electron chi connectivity index (χ0n) is 16.0. The molecule has 0 amide bonds. The zero-order chi connectivity index (χ0) is 16.8. The van der Waals surface area contributed by atoms with Crippen LogP contribution < -0.4 is 10.6 Å². The van der Waals surface area contributed by atoms with E-state index in [1.54, 1.807) is 0 Å². The predicted octanol–water partition coefficient (Wildman–Crippen LogP) is 2.85. The largest absolute Gasteiger partial charge is 0.381 e. The summed E-state index contributed by atoms with van der Waals surface area (Å²) in [7, 11) is 0. The van der Waals surface area contributed by atoms with Crippen LogP contribution in [0.4, 0.5) is 0 Å². The summed E-state index contributed by atoms with van der Waals surface area (Å²) in [6.45, 7) is 15.4. The van der Waals surface area contributed by atoms with Gasteiger partial charge in [-0.05, 0) is 53.4 Å². The topological polar surface area (TPSA) is 48.9 Å². The average Bonchev–Trinajstić information content (AvgIpc) is 2.50. The van der Waals surface area contributed by atoms with Gasteiger partial charge in [-0.1, -0.05) is 0 Å². The van der Waals surface area contributed by atoms with Gasteiger partial charge in [0.15, 0.2) is 5.96 Å². The second-order valence-electron chi connectivity index (χ2n) is 8.09. The van der Waals surface area contributed by atoms with Gasteiger partial charge in [-0.25, -0.2) is 0 Å². The molecule has 0 bridgehead atoms. The molecule has 0 aromatic rings. The first-order valence-corrected chi connectivity index (χ1v) is 9.30. The second kappa shape index (κ2) is 10.2. The Morgan fingerprint density at radius 1 is 1.25 bits per heavy atom. The quantitative estimate of drug-likeness (QED) is 0.298. The van der Waals surface area contributed by atoms with Crippen LogP contribution in [-0.2, 0) is 4.74 Å². The third kappa shape index (κ3) is 7.04. The number of likely N-dealkylation sites (tertiary alicyclic amines) is 1. The highest BCUT2D eigenvalue weighted by atomic mass is 127. The summed E-state index contributed by atoms with van der Waals surface area (Å²) < 4.78 is 5.79. The number of ether oxygens (including phenoxy) is 1. The van der Waals surface area contributed by atoms with Gasteiger partial charge in [0.25, 0.3) is 0 Å². The third-order valence-corrected chi connectivity index (χ3v) is 4.73. The lowest BCUT2D eigenvalue weighted by atomic mass is 9.76. The molecule has 142 valence electrons. The smallest absolute Gasteiger partial charge is 0.193 e. The number of aliphatic imine (C=N–C) groups is 1. The Hall–Kier alpha value is -0.0800. The van der Waals surface area contributed by atoms with E-state index in [0.717, 1.165) is 51.9 Å². The first kappa shape index (κ1) is 22.0. The molecule has 0 saturated carbocycles. The Balaban J connectivity index is 0.00000288. The molecule has 0 aromatic heterocycles. The maximum Gasteiger partial charge on any atom is 0.193 e. The highest BCUT2D eigenvalue weighted by Gasteiger charge is 2.38. The average molecular weight is 452 g/mol. The molecule has 2 heterocycles. The van der Waals surface area contributed by atoms with Crippen molar-refractivity contribution in [3.63, 3.8) is 0 Å². The van der Waals surface area contributed by atoms with E-state index in [-0.39, 0.29) is 29.5 Å². The van der Waals surface area contributed by atoms with Gasteiger partial charge in [0.2, 0.25) is 0 Å². The van der Waals surface area contributed by atoms with E-state index in [2.05, 4.69) is 43.2 Å². The van der Waals surface area contributed by atoms with Crippen LogP contribution in [0.3, 0.4) is 0 Å². The lowest BCUT2D eigenvalue weighted by molar-refractivity contribution is -0.0370. The molecule has 1 spiro atoms. The molecule has 2 N–H and O–H groups in total. The summed E-state index contributed by atoms with van der Waals surface area (Å²) in [4.78, 5) is 7.30. The Labute approximate surface area is 165 Å². The standard InChI is InChI=1S/C18H36N4O.HI/c1-5-19-16(20-10-11-21-17(2,3)4)22-12-6-8-18(14-22)9-7-13-23-15-18;/h21H,5-15H2,1-4H3,(H,19,20);1H. The second-order valence-corrected chi connectivity index (χ2v) is 8.09. The van der Waals surface area contributed by atoms with Crippen LogP contribution in [0.1, 0.15) is 53.4 Å². The van der Waals surface area contributed by atoms with Gasteiger partial charge >= 0.3 is 0 Å². The van der Waals surface area contributed by atoms with Crippen LogP contribution in [0.2, 0.25) is 0 Å². The summed E-state index contributed by atoms with van der Waals surface area (Å²) in [6, 6.07) is 0. The molecular formula is C18H37IN4O. The first-order valence-electron chi connectivity index (χ1n) is 9.30. The molecule has 5 nitrogen and oxygen atoms in total. The van der Waals surface area contributed by atoms with E-state index >= 15 is 0 Å². The van der Waals surface area contributed by atoms with Crippen LogP contribution in [0, 0.1) is 5.41 Å². The summed E-state index contributed by atoms with van der Waals surface area (Å²) in [5, 5.41) is 6.99. The van der Waals surface area contributed by atoms with Crippen molar-refractivity contribution in [2.24, 2.45) is 10.4 Å². The summed E-state index contributed by atoms with van der Waals surface area (Å²) in [5.74, 6) is 1.08. The van der Waals surface area contributed by atoms with E-state index in [1.165, 1.54) is 25.7 Å². The van der Waals surface area contributed by atoms with E-state index in [9.17, 15) is 0 Å². The van der Waals surface area contributed by atoms with Gasteiger partial charge < -0.3 is 20.3 Å². The van der Waals surface area contributed by atoms with Crippen molar-refractivity contribution in [1.82, 2.24) is 15.5 Å². The van der Waals surface area contributed by atoms with Crippen LogP contribution >= 0.6 is 24.0 Å². The van der Waals surface area contributed by atoms with Crippen molar-refractivity contribution >= 4 is 29.9 Å². The maximum atomic E-state index is 5.79. The van der Waals surface area contributed by atoms with Crippen LogP contribution in [0.15, 0.2) is 4.99 Å². The minimum atomic E-state index is 0. The molecule has 2 saturated heterocycles. The normalized spacial score (nSPS) is 25.5. The number of piperidine rings is 1. The van der Waals surface area contributed by atoms with Gasteiger partial charge in [0.1, 0.15) is 0 Å². The first-order chi connectivity index (χ1) is 10.9. The highest BCUT2D eigenvalue weighted by Crippen LogP contribution is 2.37. The van der Waals surface area contributed by atoms with Gasteiger partial charge in [-0.2, -0.15) is 0 Å². The van der Waals surface area contributed by atoms with Crippen molar-refractivity contribution in [2.45, 2.75) is 58.9 Å².